The summed E-state index contributed by atoms with van der Waals surface area (Å²) >= 11 is 9.55. The highest BCUT2D eigenvalue weighted by molar-refractivity contribution is 9.10. The van der Waals surface area contributed by atoms with Gasteiger partial charge < -0.3 is 0 Å². The summed E-state index contributed by atoms with van der Waals surface area (Å²) in [5.74, 6) is -1.03. The first-order chi connectivity index (χ1) is 13.3. The molecule has 0 aromatic heterocycles. The largest absolute Gasteiger partial charge is 0.293 e. The Labute approximate surface area is 176 Å². The zero-order valence-electron chi connectivity index (χ0n) is 13.9. The van der Waals surface area contributed by atoms with Crippen molar-refractivity contribution in [1.82, 2.24) is 4.90 Å². The van der Waals surface area contributed by atoms with E-state index in [1.54, 1.807) is 18.2 Å². The van der Waals surface area contributed by atoms with Crippen LogP contribution in [-0.2, 0) is 4.79 Å². The van der Waals surface area contributed by atoms with E-state index < -0.39 is 28.4 Å². The van der Waals surface area contributed by atoms with E-state index in [9.17, 15) is 24.5 Å². The van der Waals surface area contributed by atoms with Crippen LogP contribution in [0.5, 0.6) is 0 Å². The van der Waals surface area contributed by atoms with E-state index in [1.807, 2.05) is 0 Å². The Balaban J connectivity index is 1.80. The van der Waals surface area contributed by atoms with Crippen molar-refractivity contribution in [3.63, 3.8) is 0 Å². The topological polar surface area (TPSA) is 97.6 Å². The fourth-order valence-electron chi connectivity index (χ4n) is 2.42. The lowest BCUT2D eigenvalue weighted by Gasteiger charge is -2.11. The number of nitro benzene ring substituents is 1. The van der Waals surface area contributed by atoms with E-state index in [4.69, 9.17) is 11.6 Å². The summed E-state index contributed by atoms with van der Waals surface area (Å²) in [6.45, 7) is -0.399. The third-order valence-electron chi connectivity index (χ3n) is 3.81. The SMILES string of the molecule is O=C(CN1C(=O)S/C(=C\c2ccc(Br)c([N+](=O)[O-])c2)C1=O)c1ccc(Cl)cc1. The van der Waals surface area contributed by atoms with E-state index in [-0.39, 0.29) is 10.6 Å². The van der Waals surface area contributed by atoms with Gasteiger partial charge in [-0.05, 0) is 69.7 Å². The average molecular weight is 482 g/mol. The van der Waals surface area contributed by atoms with Crippen molar-refractivity contribution >= 4 is 68.0 Å². The third-order valence-corrected chi connectivity index (χ3v) is 5.64. The van der Waals surface area contributed by atoms with Gasteiger partial charge in [-0.15, -0.1) is 0 Å². The minimum atomic E-state index is -0.622. The molecule has 28 heavy (non-hydrogen) atoms. The molecule has 1 fully saturated rings. The van der Waals surface area contributed by atoms with Gasteiger partial charge in [0.2, 0.25) is 0 Å². The van der Waals surface area contributed by atoms with E-state index in [1.165, 1.54) is 30.3 Å². The number of carbonyl (C=O) groups excluding carboxylic acids is 3. The first kappa shape index (κ1) is 20.2. The molecule has 3 rings (SSSR count). The van der Waals surface area contributed by atoms with Crippen LogP contribution in [0.25, 0.3) is 6.08 Å². The molecule has 0 atom stereocenters. The zero-order valence-corrected chi connectivity index (χ0v) is 17.1. The van der Waals surface area contributed by atoms with Gasteiger partial charge in [-0.2, -0.15) is 0 Å². The van der Waals surface area contributed by atoms with Gasteiger partial charge >= 0.3 is 0 Å². The van der Waals surface area contributed by atoms with Crippen molar-refractivity contribution < 1.29 is 19.3 Å². The minimum absolute atomic E-state index is 0.0885. The van der Waals surface area contributed by atoms with E-state index in [2.05, 4.69) is 15.9 Å². The molecule has 0 unspecified atom stereocenters. The number of Topliss-reactive ketones (excluding diaryl/α,β-unsaturated/α-hetero) is 1. The fourth-order valence-corrected chi connectivity index (χ4v) is 3.77. The Morgan fingerprint density at radius 1 is 1.21 bits per heavy atom. The maximum absolute atomic E-state index is 12.5. The van der Waals surface area contributed by atoms with Gasteiger partial charge in [0.15, 0.2) is 5.78 Å². The smallest absolute Gasteiger partial charge is 0.292 e. The van der Waals surface area contributed by atoms with E-state index in [0.717, 1.165) is 4.90 Å². The predicted octanol–water partition coefficient (Wildman–Crippen LogP) is 4.93. The molecule has 10 heteroatoms. The second kappa shape index (κ2) is 8.26. The monoisotopic (exact) mass is 480 g/mol. The van der Waals surface area contributed by atoms with Gasteiger partial charge in [0.25, 0.3) is 16.8 Å². The summed E-state index contributed by atoms with van der Waals surface area (Å²) in [7, 11) is 0. The molecule has 2 aromatic rings. The van der Waals surface area contributed by atoms with Crippen LogP contribution in [0.15, 0.2) is 51.8 Å². The number of nitro groups is 1. The van der Waals surface area contributed by atoms with Crippen molar-refractivity contribution in [2.75, 3.05) is 6.54 Å². The van der Waals surface area contributed by atoms with Crippen molar-refractivity contribution in [2.24, 2.45) is 0 Å². The Bertz CT molecular complexity index is 1040. The summed E-state index contributed by atoms with van der Waals surface area (Å²) in [4.78, 5) is 48.4. The van der Waals surface area contributed by atoms with Crippen LogP contribution in [0, 0.1) is 10.1 Å². The molecule has 0 bridgehead atoms. The van der Waals surface area contributed by atoms with Gasteiger partial charge in [0.1, 0.15) is 0 Å². The van der Waals surface area contributed by atoms with Crippen LogP contribution in [0.1, 0.15) is 15.9 Å². The standard InChI is InChI=1S/C18H10BrClN2O5S/c19-13-6-1-10(7-14(13)22(26)27)8-16-17(24)21(18(25)28-16)9-15(23)11-2-4-12(20)5-3-11/h1-8H,9H2/b16-8-. The molecular weight excluding hydrogens is 472 g/mol. The van der Waals surface area contributed by atoms with Gasteiger partial charge in [-0.25, -0.2) is 0 Å². The molecule has 0 radical (unpaired) electrons. The van der Waals surface area contributed by atoms with Gasteiger partial charge in [0.05, 0.1) is 20.8 Å². The molecule has 1 heterocycles. The number of amides is 2. The van der Waals surface area contributed by atoms with Crippen LogP contribution >= 0.6 is 39.3 Å². The summed E-state index contributed by atoms with van der Waals surface area (Å²) in [6.07, 6.45) is 1.39. The average Bonchev–Trinajstić information content (AvgIpc) is 2.91. The first-order valence-corrected chi connectivity index (χ1v) is 9.73. The van der Waals surface area contributed by atoms with Crippen molar-refractivity contribution in [1.29, 1.82) is 0 Å². The molecule has 1 aliphatic rings. The number of benzene rings is 2. The molecule has 2 amide bonds. The van der Waals surface area contributed by atoms with Crippen LogP contribution in [-0.4, -0.2) is 33.3 Å². The number of imide groups is 1. The third kappa shape index (κ3) is 4.32. The highest BCUT2D eigenvalue weighted by Crippen LogP contribution is 2.34. The van der Waals surface area contributed by atoms with Crippen LogP contribution in [0.2, 0.25) is 5.02 Å². The number of carbonyl (C=O) groups is 3. The van der Waals surface area contributed by atoms with Crippen LogP contribution in [0.3, 0.4) is 0 Å². The number of hydrogen-bond acceptors (Lipinski definition) is 6. The number of nitrogens with zero attached hydrogens (tertiary/aromatic N) is 2. The molecule has 1 aliphatic heterocycles. The molecule has 1 saturated heterocycles. The molecule has 7 nitrogen and oxygen atoms in total. The first-order valence-electron chi connectivity index (χ1n) is 7.74. The Morgan fingerprint density at radius 3 is 2.54 bits per heavy atom. The Kier molecular flexibility index (Phi) is 5.97. The maximum atomic E-state index is 12.5. The lowest BCUT2D eigenvalue weighted by molar-refractivity contribution is -0.385. The zero-order chi connectivity index (χ0) is 20.4. The lowest BCUT2D eigenvalue weighted by atomic mass is 10.1. The molecule has 0 N–H and O–H groups in total. The number of thioether (sulfide) groups is 1. The molecule has 0 saturated carbocycles. The van der Waals surface area contributed by atoms with Crippen LogP contribution in [0.4, 0.5) is 10.5 Å². The quantitative estimate of drug-likeness (QED) is 0.260. The number of hydrogen-bond donors (Lipinski definition) is 0. The van der Waals surface area contributed by atoms with Gasteiger partial charge in [-0.3, -0.25) is 29.4 Å². The number of ketones is 1. The normalized spacial score (nSPS) is 15.4. The number of rotatable bonds is 5. The van der Waals surface area contributed by atoms with Crippen LogP contribution < -0.4 is 0 Å². The fraction of sp³-hybridized carbons (Fsp3) is 0.0556. The lowest BCUT2D eigenvalue weighted by Crippen LogP contribution is -2.33. The molecule has 142 valence electrons. The summed E-state index contributed by atoms with van der Waals surface area (Å²) < 4.78 is 0.302. The van der Waals surface area contributed by atoms with Gasteiger partial charge in [-0.1, -0.05) is 17.7 Å². The predicted molar refractivity (Wildman–Crippen MR) is 109 cm³/mol. The second-order valence-electron chi connectivity index (χ2n) is 5.67. The summed E-state index contributed by atoms with van der Waals surface area (Å²) in [5, 5.41) is 10.9. The highest BCUT2D eigenvalue weighted by Gasteiger charge is 2.36. The van der Waals surface area contributed by atoms with Gasteiger partial charge in [0, 0.05) is 16.7 Å². The van der Waals surface area contributed by atoms with Crippen molar-refractivity contribution in [2.45, 2.75) is 0 Å². The van der Waals surface area contributed by atoms with E-state index >= 15 is 0 Å². The molecular formula is C18H10BrClN2O5S. The second-order valence-corrected chi connectivity index (χ2v) is 7.95. The van der Waals surface area contributed by atoms with Crippen molar-refractivity contribution in [3.8, 4) is 0 Å². The summed E-state index contributed by atoms with van der Waals surface area (Å²) in [6, 6.07) is 10.5. The highest BCUT2D eigenvalue weighted by atomic mass is 79.9. The van der Waals surface area contributed by atoms with E-state index in [0.29, 0.717) is 32.4 Å². The molecule has 0 spiro atoms. The molecule has 2 aromatic carbocycles. The molecule has 0 aliphatic carbocycles. The minimum Gasteiger partial charge on any atom is -0.292 e. The Morgan fingerprint density at radius 2 is 1.89 bits per heavy atom. The number of halogens is 2. The summed E-state index contributed by atoms with van der Waals surface area (Å²) in [5.41, 5.74) is 0.561. The van der Waals surface area contributed by atoms with Crippen molar-refractivity contribution in [3.05, 3.63) is 78.1 Å². The maximum Gasteiger partial charge on any atom is 0.293 e. The Hall–Kier alpha value is -2.49.